The van der Waals surface area contributed by atoms with Gasteiger partial charge in [0.2, 0.25) is 5.91 Å². The van der Waals surface area contributed by atoms with Crippen LogP contribution in [0.3, 0.4) is 0 Å². The Morgan fingerprint density at radius 1 is 1.20 bits per heavy atom. The Kier molecular flexibility index (Phi) is 7.42. The number of rotatable bonds is 8. The van der Waals surface area contributed by atoms with Gasteiger partial charge in [0.1, 0.15) is 0 Å². The molecule has 2 N–H and O–H groups in total. The minimum absolute atomic E-state index is 0.0974. The number of thiazole rings is 1. The van der Waals surface area contributed by atoms with Crippen molar-refractivity contribution in [3.05, 3.63) is 81.9 Å². The molecule has 0 radical (unpaired) electrons. The van der Waals surface area contributed by atoms with Gasteiger partial charge in [0.15, 0.2) is 10.1 Å². The number of nitrogens with one attached hydrogen (secondary N) is 1. The molecule has 35 heavy (non-hydrogen) atoms. The Labute approximate surface area is 209 Å². The molecule has 1 amide bonds. The fourth-order valence-corrected chi connectivity index (χ4v) is 5.13. The first kappa shape index (κ1) is 24.4. The fourth-order valence-electron chi connectivity index (χ4n) is 3.23. The van der Waals surface area contributed by atoms with Crippen molar-refractivity contribution in [1.29, 1.82) is 0 Å². The summed E-state index contributed by atoms with van der Waals surface area (Å²) >= 11 is 2.84. The monoisotopic (exact) mass is 506 g/mol. The minimum Gasteiger partial charge on any atom is -0.502 e. The topological polar surface area (TPSA) is 118 Å². The highest BCUT2D eigenvalue weighted by Crippen LogP contribution is 2.32. The lowest BCUT2D eigenvalue weighted by atomic mass is 10.0. The van der Waals surface area contributed by atoms with Crippen LogP contribution in [0.4, 0.5) is 17.1 Å². The number of fused-ring (bicyclic) bond motifs is 1. The number of nitro benzene ring substituents is 1. The number of amides is 1. The van der Waals surface area contributed by atoms with E-state index in [0.717, 1.165) is 20.2 Å². The molecule has 4 aromatic rings. The van der Waals surface area contributed by atoms with E-state index in [1.165, 1.54) is 47.0 Å². The van der Waals surface area contributed by atoms with Crippen molar-refractivity contribution < 1.29 is 14.8 Å². The van der Waals surface area contributed by atoms with Crippen LogP contribution in [0.1, 0.15) is 30.9 Å². The van der Waals surface area contributed by atoms with Gasteiger partial charge in [-0.1, -0.05) is 37.7 Å². The standard InChI is InChI=1S/C25H22N4O4S2/c1-15(2)17-4-6-18(7-5-17)27-24(31)14-34-25-28-20-9-8-19(12-23(20)35-25)26-13-16-3-10-22(30)21(11-16)29(32)33/h3-13,15,30H,14H2,1-2H3,(H,27,31). The molecular formula is C25H22N4O4S2. The van der Waals surface area contributed by atoms with Crippen LogP contribution in [0.5, 0.6) is 5.75 Å². The van der Waals surface area contributed by atoms with Crippen molar-refractivity contribution in [1.82, 2.24) is 4.98 Å². The maximum absolute atomic E-state index is 12.3. The Balaban J connectivity index is 1.38. The maximum atomic E-state index is 12.3. The summed E-state index contributed by atoms with van der Waals surface area (Å²) in [5.41, 5.74) is 3.59. The van der Waals surface area contributed by atoms with Gasteiger partial charge < -0.3 is 10.4 Å². The number of carbonyl (C=O) groups excluding carboxylic acids is 1. The molecule has 0 atom stereocenters. The van der Waals surface area contributed by atoms with E-state index in [1.54, 1.807) is 12.1 Å². The number of aromatic nitrogens is 1. The van der Waals surface area contributed by atoms with Crippen molar-refractivity contribution in [3.63, 3.8) is 0 Å². The van der Waals surface area contributed by atoms with Crippen LogP contribution >= 0.6 is 23.1 Å². The molecule has 4 rings (SSSR count). The van der Waals surface area contributed by atoms with E-state index < -0.39 is 4.92 Å². The van der Waals surface area contributed by atoms with Crippen LogP contribution in [0.2, 0.25) is 0 Å². The molecule has 0 fully saturated rings. The number of phenolic OH excluding ortho intramolecular Hbond substituents is 1. The summed E-state index contributed by atoms with van der Waals surface area (Å²) in [5.74, 6) is 0.201. The van der Waals surface area contributed by atoms with E-state index in [2.05, 4.69) is 29.1 Å². The smallest absolute Gasteiger partial charge is 0.311 e. The third-order valence-electron chi connectivity index (χ3n) is 5.10. The first-order chi connectivity index (χ1) is 16.8. The molecule has 0 spiro atoms. The van der Waals surface area contributed by atoms with Crippen molar-refractivity contribution in [2.24, 2.45) is 4.99 Å². The highest BCUT2D eigenvalue weighted by atomic mass is 32.2. The highest BCUT2D eigenvalue weighted by molar-refractivity contribution is 8.01. The second-order valence-corrected chi connectivity index (χ2v) is 10.3. The van der Waals surface area contributed by atoms with E-state index in [4.69, 9.17) is 0 Å². The SMILES string of the molecule is CC(C)c1ccc(NC(=O)CSc2nc3ccc(N=Cc4ccc(O)c([N+](=O)[O-])c4)cc3s2)cc1. The number of hydrogen-bond donors (Lipinski definition) is 2. The molecule has 10 heteroatoms. The van der Waals surface area contributed by atoms with Crippen molar-refractivity contribution in [2.45, 2.75) is 24.1 Å². The number of phenols is 1. The zero-order valence-electron chi connectivity index (χ0n) is 19.0. The summed E-state index contributed by atoms with van der Waals surface area (Å²) in [6, 6.07) is 17.5. The molecule has 8 nitrogen and oxygen atoms in total. The maximum Gasteiger partial charge on any atom is 0.311 e. The molecule has 178 valence electrons. The van der Waals surface area contributed by atoms with E-state index in [0.29, 0.717) is 17.2 Å². The first-order valence-corrected chi connectivity index (χ1v) is 12.5. The summed E-state index contributed by atoms with van der Waals surface area (Å²) in [7, 11) is 0. The van der Waals surface area contributed by atoms with Gasteiger partial charge in [-0.15, -0.1) is 11.3 Å². The lowest BCUT2D eigenvalue weighted by Crippen LogP contribution is -2.13. The van der Waals surface area contributed by atoms with Crippen LogP contribution in [0, 0.1) is 10.1 Å². The molecule has 0 unspecified atom stereocenters. The summed E-state index contributed by atoms with van der Waals surface area (Å²) in [5, 5.41) is 23.5. The minimum atomic E-state index is -0.641. The summed E-state index contributed by atoms with van der Waals surface area (Å²) in [6.45, 7) is 4.25. The lowest BCUT2D eigenvalue weighted by molar-refractivity contribution is -0.385. The lowest BCUT2D eigenvalue weighted by Gasteiger charge is -2.08. The van der Waals surface area contributed by atoms with Crippen LogP contribution in [0.15, 0.2) is 70.0 Å². The van der Waals surface area contributed by atoms with Gasteiger partial charge in [-0.2, -0.15) is 0 Å². The second-order valence-electron chi connectivity index (χ2n) is 8.01. The predicted molar refractivity (Wildman–Crippen MR) is 142 cm³/mol. The van der Waals surface area contributed by atoms with Crippen LogP contribution in [0.25, 0.3) is 10.2 Å². The molecule has 0 saturated heterocycles. The Hall–Kier alpha value is -3.76. The second kappa shape index (κ2) is 10.7. The van der Waals surface area contributed by atoms with Crippen LogP contribution in [-0.2, 0) is 4.79 Å². The van der Waals surface area contributed by atoms with Crippen LogP contribution < -0.4 is 5.32 Å². The molecule has 0 aliphatic carbocycles. The summed E-state index contributed by atoms with van der Waals surface area (Å²) in [4.78, 5) is 31.6. The van der Waals surface area contributed by atoms with Gasteiger partial charge in [-0.05, 0) is 59.5 Å². The Morgan fingerprint density at radius 3 is 2.69 bits per heavy atom. The zero-order chi connectivity index (χ0) is 24.9. The molecule has 3 aromatic carbocycles. The quantitative estimate of drug-likeness (QED) is 0.122. The molecule has 0 saturated carbocycles. The van der Waals surface area contributed by atoms with E-state index >= 15 is 0 Å². The summed E-state index contributed by atoms with van der Waals surface area (Å²) in [6.07, 6.45) is 1.50. The van der Waals surface area contributed by atoms with Gasteiger partial charge >= 0.3 is 5.69 Å². The third-order valence-corrected chi connectivity index (χ3v) is 7.26. The molecular weight excluding hydrogens is 484 g/mol. The van der Waals surface area contributed by atoms with Crippen molar-refractivity contribution >= 4 is 62.5 Å². The fraction of sp³-hybridized carbons (Fsp3) is 0.160. The number of benzene rings is 3. The molecule has 0 aliphatic heterocycles. The van der Waals surface area contributed by atoms with Gasteiger partial charge in [0.25, 0.3) is 0 Å². The van der Waals surface area contributed by atoms with Gasteiger partial charge in [0, 0.05) is 18.0 Å². The predicted octanol–water partition coefficient (Wildman–Crippen LogP) is 6.51. The number of carbonyl (C=O) groups is 1. The number of aliphatic imine (C=N–C) groups is 1. The summed E-state index contributed by atoms with van der Waals surface area (Å²) < 4.78 is 1.70. The third kappa shape index (κ3) is 6.23. The number of aromatic hydroxyl groups is 1. The van der Waals surface area contributed by atoms with Gasteiger partial charge in [-0.25, -0.2) is 4.98 Å². The van der Waals surface area contributed by atoms with E-state index in [9.17, 15) is 20.0 Å². The van der Waals surface area contributed by atoms with Crippen molar-refractivity contribution in [3.8, 4) is 5.75 Å². The number of nitro groups is 1. The Morgan fingerprint density at radius 2 is 1.97 bits per heavy atom. The number of anilines is 1. The first-order valence-electron chi connectivity index (χ1n) is 10.7. The van der Waals surface area contributed by atoms with Gasteiger partial charge in [0.05, 0.1) is 26.6 Å². The number of thioether (sulfide) groups is 1. The van der Waals surface area contributed by atoms with E-state index in [-0.39, 0.29) is 23.1 Å². The molecule has 0 bridgehead atoms. The normalized spacial score (nSPS) is 11.4. The molecule has 1 heterocycles. The van der Waals surface area contributed by atoms with Gasteiger partial charge in [-0.3, -0.25) is 19.9 Å². The average Bonchev–Trinajstić information content (AvgIpc) is 3.24. The highest BCUT2D eigenvalue weighted by Gasteiger charge is 2.13. The van der Waals surface area contributed by atoms with E-state index in [1.807, 2.05) is 36.4 Å². The number of hydrogen-bond acceptors (Lipinski definition) is 8. The van der Waals surface area contributed by atoms with Crippen molar-refractivity contribution in [2.75, 3.05) is 11.1 Å². The molecule has 1 aromatic heterocycles. The average molecular weight is 507 g/mol. The Bertz CT molecular complexity index is 1420. The largest absolute Gasteiger partial charge is 0.502 e. The molecule has 0 aliphatic rings. The number of nitrogens with zero attached hydrogens (tertiary/aromatic N) is 3. The van der Waals surface area contributed by atoms with Crippen LogP contribution in [-0.4, -0.2) is 32.9 Å². The zero-order valence-corrected chi connectivity index (χ0v) is 20.6.